The molecule has 1 aromatic heterocycles. The highest BCUT2D eigenvalue weighted by Crippen LogP contribution is 2.40. The Hall–Kier alpha value is -4.00. The van der Waals surface area contributed by atoms with E-state index in [0.29, 0.717) is 16.9 Å². The van der Waals surface area contributed by atoms with Crippen LogP contribution in [0.2, 0.25) is 0 Å². The fourth-order valence-corrected chi connectivity index (χ4v) is 3.63. The molecule has 2 heterocycles. The number of carbonyl (C=O) groups excluding carboxylic acids is 2. The average Bonchev–Trinajstić information content (AvgIpc) is 3.05. The molecule has 1 aliphatic rings. The molecule has 0 spiro atoms. The van der Waals surface area contributed by atoms with Crippen molar-refractivity contribution in [2.75, 3.05) is 7.11 Å². The number of ketones is 1. The molecular weight excluding hydrogens is 399 g/mol. The number of aromatic nitrogens is 1. The summed E-state index contributed by atoms with van der Waals surface area (Å²) in [6.07, 6.45) is 3.21. The number of methoxy groups -OCH3 is 1. The van der Waals surface area contributed by atoms with Crippen LogP contribution in [-0.2, 0) is 16.1 Å². The quantitative estimate of drug-likeness (QED) is 0.387. The highest BCUT2D eigenvalue weighted by molar-refractivity contribution is 6.46. The zero-order chi connectivity index (χ0) is 22.0. The van der Waals surface area contributed by atoms with Crippen LogP contribution in [0.5, 0.6) is 5.75 Å². The molecule has 2 aromatic carbocycles. The summed E-state index contributed by atoms with van der Waals surface area (Å²) in [5.41, 5.74) is 1.55. The molecule has 0 aliphatic carbocycles. The second-order valence-electron chi connectivity index (χ2n) is 7.07. The lowest BCUT2D eigenvalue weighted by Crippen LogP contribution is -2.29. The second-order valence-corrected chi connectivity index (χ2v) is 7.07. The SMILES string of the molecule is COc1ccc(C(O)=C2C(=O)C(=O)N(Cc3cccnc3)[C@H]2c2ccc(F)cc2)cc1. The summed E-state index contributed by atoms with van der Waals surface area (Å²) in [6, 6.07) is 14.7. The van der Waals surface area contributed by atoms with E-state index in [9.17, 15) is 19.1 Å². The zero-order valence-electron chi connectivity index (χ0n) is 16.7. The van der Waals surface area contributed by atoms with Crippen molar-refractivity contribution in [3.05, 3.63) is 101 Å². The highest BCUT2D eigenvalue weighted by Gasteiger charge is 2.46. The maximum atomic E-state index is 13.5. The number of Topliss-reactive ketones (excluding diaryl/α,β-unsaturated/α-hetero) is 1. The number of benzene rings is 2. The fraction of sp³-hybridized carbons (Fsp3) is 0.125. The van der Waals surface area contributed by atoms with Gasteiger partial charge >= 0.3 is 0 Å². The third-order valence-corrected chi connectivity index (χ3v) is 5.16. The normalized spacial score (nSPS) is 17.7. The predicted octanol–water partition coefficient (Wildman–Crippen LogP) is 3.85. The van der Waals surface area contributed by atoms with E-state index in [0.717, 1.165) is 5.56 Å². The average molecular weight is 418 g/mol. The first kappa shape index (κ1) is 20.3. The van der Waals surface area contributed by atoms with Gasteiger partial charge < -0.3 is 14.7 Å². The second kappa shape index (κ2) is 8.39. The molecule has 0 unspecified atom stereocenters. The van der Waals surface area contributed by atoms with Crippen molar-refractivity contribution in [3.8, 4) is 5.75 Å². The molecule has 3 aromatic rings. The Kier molecular flexibility index (Phi) is 5.49. The molecule has 1 atom stereocenters. The van der Waals surface area contributed by atoms with Crippen molar-refractivity contribution in [2.24, 2.45) is 0 Å². The van der Waals surface area contributed by atoms with E-state index in [1.807, 2.05) is 0 Å². The van der Waals surface area contributed by atoms with Crippen LogP contribution in [0.15, 0.2) is 78.6 Å². The number of hydrogen-bond acceptors (Lipinski definition) is 5. The van der Waals surface area contributed by atoms with Crippen molar-refractivity contribution < 1.29 is 23.8 Å². The first-order valence-electron chi connectivity index (χ1n) is 9.57. The molecule has 1 aliphatic heterocycles. The predicted molar refractivity (Wildman–Crippen MR) is 111 cm³/mol. The summed E-state index contributed by atoms with van der Waals surface area (Å²) in [5, 5.41) is 11.0. The minimum atomic E-state index is -0.872. The molecule has 1 amide bonds. The molecular formula is C24H19FN2O4. The molecule has 0 saturated carbocycles. The topological polar surface area (TPSA) is 79.7 Å². The molecule has 4 rings (SSSR count). The number of halogens is 1. The Morgan fingerprint density at radius 1 is 1.10 bits per heavy atom. The summed E-state index contributed by atoms with van der Waals surface area (Å²) in [5.74, 6) is -1.70. The van der Waals surface area contributed by atoms with E-state index in [1.54, 1.807) is 48.8 Å². The summed E-state index contributed by atoms with van der Waals surface area (Å²) < 4.78 is 18.7. The standard InChI is InChI=1S/C24H19FN2O4/c1-31-19-10-6-17(7-11-19)22(28)20-21(16-4-8-18(25)9-5-16)27(24(30)23(20)29)14-15-3-2-12-26-13-15/h2-13,21,28H,14H2,1H3/t21-/m0/s1. The lowest BCUT2D eigenvalue weighted by Gasteiger charge is -2.25. The monoisotopic (exact) mass is 418 g/mol. The van der Waals surface area contributed by atoms with E-state index in [1.165, 1.54) is 36.3 Å². The first-order chi connectivity index (χ1) is 15.0. The van der Waals surface area contributed by atoms with Gasteiger partial charge in [0.1, 0.15) is 17.3 Å². The summed E-state index contributed by atoms with van der Waals surface area (Å²) in [4.78, 5) is 31.3. The molecule has 0 radical (unpaired) electrons. The maximum Gasteiger partial charge on any atom is 0.295 e. The van der Waals surface area contributed by atoms with E-state index in [-0.39, 0.29) is 17.9 Å². The van der Waals surface area contributed by atoms with E-state index < -0.39 is 23.5 Å². The number of ether oxygens (including phenoxy) is 1. The van der Waals surface area contributed by atoms with Gasteiger partial charge in [0.2, 0.25) is 0 Å². The van der Waals surface area contributed by atoms with Gasteiger partial charge in [-0.25, -0.2) is 4.39 Å². The van der Waals surface area contributed by atoms with Crippen molar-refractivity contribution >= 4 is 17.4 Å². The molecule has 0 bridgehead atoms. The number of hydrogen-bond donors (Lipinski definition) is 1. The number of nitrogens with zero attached hydrogens (tertiary/aromatic N) is 2. The smallest absolute Gasteiger partial charge is 0.295 e. The van der Waals surface area contributed by atoms with Gasteiger partial charge in [-0.1, -0.05) is 18.2 Å². The van der Waals surface area contributed by atoms with Crippen LogP contribution >= 0.6 is 0 Å². The Balaban J connectivity index is 1.84. The van der Waals surface area contributed by atoms with Gasteiger partial charge in [0.25, 0.3) is 11.7 Å². The van der Waals surface area contributed by atoms with Crippen molar-refractivity contribution in [3.63, 3.8) is 0 Å². The lowest BCUT2D eigenvalue weighted by atomic mass is 9.95. The van der Waals surface area contributed by atoms with Gasteiger partial charge in [-0.05, 0) is 53.6 Å². The number of carbonyl (C=O) groups is 2. The number of likely N-dealkylation sites (tertiary alicyclic amines) is 1. The van der Waals surface area contributed by atoms with E-state index in [2.05, 4.69) is 4.98 Å². The third-order valence-electron chi connectivity index (χ3n) is 5.16. The van der Waals surface area contributed by atoms with Gasteiger partial charge in [0.15, 0.2) is 0 Å². The van der Waals surface area contributed by atoms with E-state index in [4.69, 9.17) is 4.74 Å². The first-order valence-corrected chi connectivity index (χ1v) is 9.57. The van der Waals surface area contributed by atoms with Gasteiger partial charge in [-0.15, -0.1) is 0 Å². The van der Waals surface area contributed by atoms with E-state index >= 15 is 0 Å². The van der Waals surface area contributed by atoms with Crippen LogP contribution in [0.3, 0.4) is 0 Å². The van der Waals surface area contributed by atoms with Gasteiger partial charge in [0.05, 0.1) is 18.7 Å². The minimum absolute atomic E-state index is 0.0503. The van der Waals surface area contributed by atoms with Crippen LogP contribution < -0.4 is 4.74 Å². The Labute approximate surface area is 178 Å². The van der Waals surface area contributed by atoms with Gasteiger partial charge in [-0.3, -0.25) is 14.6 Å². The zero-order valence-corrected chi connectivity index (χ0v) is 16.7. The lowest BCUT2D eigenvalue weighted by molar-refractivity contribution is -0.140. The number of amides is 1. The largest absolute Gasteiger partial charge is 0.507 e. The van der Waals surface area contributed by atoms with Crippen LogP contribution in [0.1, 0.15) is 22.7 Å². The highest BCUT2D eigenvalue weighted by atomic mass is 19.1. The van der Waals surface area contributed by atoms with Crippen LogP contribution in [0.4, 0.5) is 4.39 Å². The fourth-order valence-electron chi connectivity index (χ4n) is 3.63. The van der Waals surface area contributed by atoms with Crippen molar-refractivity contribution in [1.82, 2.24) is 9.88 Å². The van der Waals surface area contributed by atoms with Crippen LogP contribution in [-0.4, -0.2) is 33.8 Å². The maximum absolute atomic E-state index is 13.5. The molecule has 1 fully saturated rings. The molecule has 7 heteroatoms. The van der Waals surface area contributed by atoms with Crippen molar-refractivity contribution in [2.45, 2.75) is 12.6 Å². The Morgan fingerprint density at radius 2 is 1.81 bits per heavy atom. The van der Waals surface area contributed by atoms with Gasteiger partial charge in [0, 0.05) is 24.5 Å². The number of aliphatic hydroxyl groups excluding tert-OH is 1. The minimum Gasteiger partial charge on any atom is -0.507 e. The number of rotatable bonds is 5. The third kappa shape index (κ3) is 3.90. The Bertz CT molecular complexity index is 1140. The molecule has 6 nitrogen and oxygen atoms in total. The summed E-state index contributed by atoms with van der Waals surface area (Å²) in [7, 11) is 1.52. The molecule has 31 heavy (non-hydrogen) atoms. The molecule has 156 valence electrons. The van der Waals surface area contributed by atoms with Crippen LogP contribution in [0.25, 0.3) is 5.76 Å². The van der Waals surface area contributed by atoms with Crippen molar-refractivity contribution in [1.29, 1.82) is 0 Å². The molecule has 1 saturated heterocycles. The number of pyridine rings is 1. The van der Waals surface area contributed by atoms with Crippen LogP contribution in [0, 0.1) is 5.82 Å². The number of aliphatic hydroxyl groups is 1. The summed E-state index contributed by atoms with van der Waals surface area (Å²) >= 11 is 0. The summed E-state index contributed by atoms with van der Waals surface area (Å²) in [6.45, 7) is 0.111. The Morgan fingerprint density at radius 3 is 2.42 bits per heavy atom. The van der Waals surface area contributed by atoms with Gasteiger partial charge in [-0.2, -0.15) is 0 Å². The molecule has 1 N–H and O–H groups in total.